The number of amides is 2. The van der Waals surface area contributed by atoms with Crippen LogP contribution in [0.4, 0.5) is 4.79 Å². The fourth-order valence-electron chi connectivity index (χ4n) is 3.50. The van der Waals surface area contributed by atoms with E-state index in [2.05, 4.69) is 10.6 Å². The molecular weight excluding hydrogens is 314 g/mol. The summed E-state index contributed by atoms with van der Waals surface area (Å²) in [7, 11) is -3.11. The minimum absolute atomic E-state index is 0.0776. The van der Waals surface area contributed by atoms with Crippen LogP contribution in [0.5, 0.6) is 0 Å². The van der Waals surface area contributed by atoms with Gasteiger partial charge in [0.05, 0.1) is 5.75 Å². The van der Waals surface area contributed by atoms with Crippen LogP contribution in [-0.4, -0.2) is 49.7 Å². The molecule has 2 aliphatic rings. The van der Waals surface area contributed by atoms with Gasteiger partial charge >= 0.3 is 6.03 Å². The maximum absolute atomic E-state index is 12.1. The Morgan fingerprint density at radius 1 is 0.957 bits per heavy atom. The van der Waals surface area contributed by atoms with E-state index in [0.29, 0.717) is 38.4 Å². The number of rotatable bonds is 5. The molecule has 0 atom stereocenters. The molecule has 6 nitrogen and oxygen atoms in total. The summed E-state index contributed by atoms with van der Waals surface area (Å²) in [5.41, 5.74) is 0. The van der Waals surface area contributed by atoms with E-state index >= 15 is 0 Å². The first-order chi connectivity index (χ1) is 11.0. The Hall–Kier alpha value is -0.820. The molecule has 1 saturated carbocycles. The molecule has 1 aliphatic carbocycles. The Morgan fingerprint density at radius 3 is 2.00 bits per heavy atom. The van der Waals surface area contributed by atoms with Crippen molar-refractivity contribution in [1.82, 2.24) is 14.9 Å². The van der Waals surface area contributed by atoms with Gasteiger partial charge in [-0.2, -0.15) is 0 Å². The smallest absolute Gasteiger partial charge is 0.315 e. The zero-order valence-electron chi connectivity index (χ0n) is 14.2. The predicted octanol–water partition coefficient (Wildman–Crippen LogP) is 2.21. The third-order valence-corrected chi connectivity index (χ3v) is 6.91. The van der Waals surface area contributed by atoms with E-state index in [-0.39, 0.29) is 17.8 Å². The number of sulfonamides is 1. The van der Waals surface area contributed by atoms with E-state index in [0.717, 1.165) is 12.8 Å². The molecule has 0 bridgehead atoms. The summed E-state index contributed by atoms with van der Waals surface area (Å²) in [6.45, 7) is 2.90. The molecule has 134 valence electrons. The average Bonchev–Trinajstić information content (AvgIpc) is 2.76. The number of hydrogen-bond acceptors (Lipinski definition) is 3. The van der Waals surface area contributed by atoms with E-state index < -0.39 is 10.0 Å². The third-order valence-electron chi connectivity index (χ3n) is 4.84. The van der Waals surface area contributed by atoms with Gasteiger partial charge in [0.1, 0.15) is 0 Å². The molecule has 7 heteroatoms. The van der Waals surface area contributed by atoms with Crippen molar-refractivity contribution < 1.29 is 13.2 Å². The fraction of sp³-hybridized carbons (Fsp3) is 0.938. The quantitative estimate of drug-likeness (QED) is 0.750. The van der Waals surface area contributed by atoms with Crippen LogP contribution in [0.15, 0.2) is 0 Å². The summed E-state index contributed by atoms with van der Waals surface area (Å²) < 4.78 is 25.6. The summed E-state index contributed by atoms with van der Waals surface area (Å²) in [6.07, 6.45) is 9.10. The first-order valence-electron chi connectivity index (χ1n) is 9.06. The van der Waals surface area contributed by atoms with Gasteiger partial charge in [-0.25, -0.2) is 17.5 Å². The van der Waals surface area contributed by atoms with Crippen LogP contribution < -0.4 is 10.6 Å². The van der Waals surface area contributed by atoms with Crippen LogP contribution in [0.1, 0.15) is 64.7 Å². The Morgan fingerprint density at radius 2 is 1.48 bits per heavy atom. The molecule has 2 rings (SSSR count). The second-order valence-corrected chi connectivity index (χ2v) is 8.88. The van der Waals surface area contributed by atoms with Crippen LogP contribution in [-0.2, 0) is 10.0 Å². The highest BCUT2D eigenvalue weighted by atomic mass is 32.2. The number of nitrogens with zero attached hydrogens (tertiary/aromatic N) is 1. The van der Waals surface area contributed by atoms with Crippen molar-refractivity contribution in [2.45, 2.75) is 76.8 Å². The van der Waals surface area contributed by atoms with Crippen molar-refractivity contribution in [2.75, 3.05) is 18.8 Å². The van der Waals surface area contributed by atoms with Crippen molar-refractivity contribution in [2.24, 2.45) is 0 Å². The summed E-state index contributed by atoms with van der Waals surface area (Å²) in [5, 5.41) is 6.11. The number of nitrogens with one attached hydrogen (secondary N) is 2. The molecule has 0 aromatic rings. The van der Waals surface area contributed by atoms with Gasteiger partial charge in [0.2, 0.25) is 10.0 Å². The van der Waals surface area contributed by atoms with Crippen LogP contribution >= 0.6 is 0 Å². The zero-order chi connectivity index (χ0) is 16.7. The monoisotopic (exact) mass is 345 g/mol. The van der Waals surface area contributed by atoms with Crippen LogP contribution in [0.25, 0.3) is 0 Å². The summed E-state index contributed by atoms with van der Waals surface area (Å²) in [6, 6.07) is 0.281. The van der Waals surface area contributed by atoms with Crippen molar-refractivity contribution in [1.29, 1.82) is 0 Å². The van der Waals surface area contributed by atoms with Gasteiger partial charge < -0.3 is 10.6 Å². The minimum atomic E-state index is -3.11. The molecule has 0 aromatic carbocycles. The largest absolute Gasteiger partial charge is 0.335 e. The lowest BCUT2D eigenvalue weighted by Gasteiger charge is -2.32. The van der Waals surface area contributed by atoms with Crippen molar-refractivity contribution in [3.05, 3.63) is 0 Å². The fourth-order valence-corrected chi connectivity index (χ4v) is 5.04. The number of urea groups is 1. The molecule has 2 N–H and O–H groups in total. The zero-order valence-corrected chi connectivity index (χ0v) is 15.0. The molecule has 23 heavy (non-hydrogen) atoms. The lowest BCUT2D eigenvalue weighted by Crippen LogP contribution is -2.51. The Labute approximate surface area is 140 Å². The van der Waals surface area contributed by atoms with Crippen molar-refractivity contribution in [3.8, 4) is 0 Å². The third kappa shape index (κ3) is 5.95. The SMILES string of the molecule is CCCS(=O)(=O)N1CCC(NC(=O)NC2CCCCCC2)CC1. The second-order valence-electron chi connectivity index (χ2n) is 6.80. The van der Waals surface area contributed by atoms with Crippen molar-refractivity contribution >= 4 is 16.1 Å². The summed E-state index contributed by atoms with van der Waals surface area (Å²) in [5.74, 6) is 0.216. The summed E-state index contributed by atoms with van der Waals surface area (Å²) >= 11 is 0. The average molecular weight is 346 g/mol. The first-order valence-corrected chi connectivity index (χ1v) is 10.7. The molecule has 0 aromatic heterocycles. The van der Waals surface area contributed by atoms with Gasteiger partial charge in [0.15, 0.2) is 0 Å². The van der Waals surface area contributed by atoms with Crippen LogP contribution in [0.3, 0.4) is 0 Å². The van der Waals surface area contributed by atoms with Gasteiger partial charge in [0, 0.05) is 25.2 Å². The maximum Gasteiger partial charge on any atom is 0.315 e. The number of hydrogen-bond donors (Lipinski definition) is 2. The van der Waals surface area contributed by atoms with Gasteiger partial charge in [0.25, 0.3) is 0 Å². The number of piperidine rings is 1. The highest BCUT2D eigenvalue weighted by Gasteiger charge is 2.28. The second kappa shape index (κ2) is 8.87. The molecule has 0 spiro atoms. The molecule has 0 radical (unpaired) electrons. The standard InChI is InChI=1S/C16H31N3O3S/c1-2-13-23(21,22)19-11-9-15(10-12-19)18-16(20)17-14-7-5-3-4-6-8-14/h14-15H,2-13H2,1H3,(H2,17,18,20). The van der Waals surface area contributed by atoms with E-state index in [4.69, 9.17) is 0 Å². The molecule has 1 aliphatic heterocycles. The number of carbonyl (C=O) groups excluding carboxylic acids is 1. The Bertz CT molecular complexity index is 465. The van der Waals surface area contributed by atoms with Gasteiger partial charge in [-0.1, -0.05) is 32.6 Å². The van der Waals surface area contributed by atoms with Crippen LogP contribution in [0, 0.1) is 0 Å². The lowest BCUT2D eigenvalue weighted by molar-refractivity contribution is 0.222. The Kier molecular flexibility index (Phi) is 7.14. The highest BCUT2D eigenvalue weighted by Crippen LogP contribution is 2.18. The molecule has 2 amide bonds. The predicted molar refractivity (Wildman–Crippen MR) is 91.8 cm³/mol. The molecule has 2 fully saturated rings. The molecule has 0 unspecified atom stereocenters. The topological polar surface area (TPSA) is 78.5 Å². The van der Waals surface area contributed by atoms with E-state index in [1.807, 2.05) is 6.92 Å². The molecule has 1 saturated heterocycles. The van der Waals surface area contributed by atoms with E-state index in [9.17, 15) is 13.2 Å². The van der Waals surface area contributed by atoms with Gasteiger partial charge in [-0.15, -0.1) is 0 Å². The van der Waals surface area contributed by atoms with Crippen molar-refractivity contribution in [3.63, 3.8) is 0 Å². The highest BCUT2D eigenvalue weighted by molar-refractivity contribution is 7.89. The van der Waals surface area contributed by atoms with Gasteiger partial charge in [-0.3, -0.25) is 0 Å². The lowest BCUT2D eigenvalue weighted by atomic mass is 10.1. The number of carbonyl (C=O) groups is 1. The molecule has 1 heterocycles. The van der Waals surface area contributed by atoms with E-state index in [1.54, 1.807) is 4.31 Å². The molecular formula is C16H31N3O3S. The minimum Gasteiger partial charge on any atom is -0.335 e. The van der Waals surface area contributed by atoms with Gasteiger partial charge in [-0.05, 0) is 32.1 Å². The van der Waals surface area contributed by atoms with Crippen LogP contribution in [0.2, 0.25) is 0 Å². The normalized spacial score (nSPS) is 22.5. The summed E-state index contributed by atoms with van der Waals surface area (Å²) in [4.78, 5) is 12.1. The van der Waals surface area contributed by atoms with E-state index in [1.165, 1.54) is 25.7 Å². The first kappa shape index (κ1) is 18.5. The Balaban J connectivity index is 1.72. The maximum atomic E-state index is 12.1.